The summed E-state index contributed by atoms with van der Waals surface area (Å²) in [5.74, 6) is 1.54. The Morgan fingerprint density at radius 2 is 2.09 bits per heavy atom. The molecule has 1 aliphatic heterocycles. The highest BCUT2D eigenvalue weighted by Gasteiger charge is 2.36. The van der Waals surface area contributed by atoms with E-state index in [1.165, 1.54) is 19.3 Å². The van der Waals surface area contributed by atoms with Crippen LogP contribution in [0.15, 0.2) is 0 Å². The molecule has 0 spiro atoms. The summed E-state index contributed by atoms with van der Waals surface area (Å²) in [7, 11) is 0. The summed E-state index contributed by atoms with van der Waals surface area (Å²) >= 11 is 0. The van der Waals surface area contributed by atoms with E-state index in [4.69, 9.17) is 5.73 Å². The Morgan fingerprint density at radius 1 is 1.27 bits per heavy atom. The van der Waals surface area contributed by atoms with Gasteiger partial charge in [0.05, 0.1) is 6.17 Å². The van der Waals surface area contributed by atoms with Gasteiger partial charge in [-0.2, -0.15) is 0 Å². The highest BCUT2D eigenvalue weighted by molar-refractivity contribution is 4.91. The van der Waals surface area contributed by atoms with E-state index in [1.807, 2.05) is 0 Å². The molecule has 4 atom stereocenters. The van der Waals surface area contributed by atoms with Crippen LogP contribution in [-0.4, -0.2) is 12.2 Å². The van der Waals surface area contributed by atoms with Crippen molar-refractivity contribution in [3.63, 3.8) is 0 Å². The van der Waals surface area contributed by atoms with Gasteiger partial charge in [0.25, 0.3) is 0 Å². The summed E-state index contributed by atoms with van der Waals surface area (Å²) in [6.07, 6.45) is 4.10. The second-order valence-electron chi connectivity index (χ2n) is 4.00. The maximum Gasteiger partial charge on any atom is 0.0723 e. The van der Waals surface area contributed by atoms with E-state index in [-0.39, 0.29) is 6.17 Å². The topological polar surface area (TPSA) is 50.1 Å². The number of hydrazine groups is 1. The Balaban J connectivity index is 2.00. The summed E-state index contributed by atoms with van der Waals surface area (Å²) in [5, 5.41) is 0. The Morgan fingerprint density at radius 3 is 2.91 bits per heavy atom. The van der Waals surface area contributed by atoms with Gasteiger partial charge in [-0.3, -0.25) is 5.43 Å². The van der Waals surface area contributed by atoms with Crippen LogP contribution in [0.2, 0.25) is 0 Å². The molecule has 64 valence electrons. The zero-order valence-electron chi connectivity index (χ0n) is 7.01. The molecule has 0 amide bonds. The minimum Gasteiger partial charge on any atom is -0.315 e. The Labute approximate surface area is 67.7 Å². The third kappa shape index (κ3) is 1.28. The predicted molar refractivity (Wildman–Crippen MR) is 44.5 cm³/mol. The lowest BCUT2D eigenvalue weighted by molar-refractivity contribution is 0.250. The molecule has 0 aromatic rings. The van der Waals surface area contributed by atoms with Gasteiger partial charge in [-0.15, -0.1) is 0 Å². The van der Waals surface area contributed by atoms with Crippen molar-refractivity contribution in [2.75, 3.05) is 0 Å². The van der Waals surface area contributed by atoms with Crippen molar-refractivity contribution in [2.45, 2.75) is 38.4 Å². The highest BCUT2D eigenvalue weighted by atomic mass is 15.5. The molecule has 1 heterocycles. The van der Waals surface area contributed by atoms with Crippen molar-refractivity contribution < 1.29 is 0 Å². The summed E-state index contributed by atoms with van der Waals surface area (Å²) in [6, 6.07) is 0.633. The van der Waals surface area contributed by atoms with Crippen molar-refractivity contribution in [1.29, 1.82) is 0 Å². The normalized spacial score (nSPS) is 50.7. The monoisotopic (exact) mass is 155 g/mol. The molecule has 3 heteroatoms. The van der Waals surface area contributed by atoms with Gasteiger partial charge >= 0.3 is 0 Å². The lowest BCUT2D eigenvalue weighted by atomic mass is 9.79. The maximum atomic E-state index is 5.86. The van der Waals surface area contributed by atoms with Gasteiger partial charge in [0.15, 0.2) is 0 Å². The molecule has 0 aromatic heterocycles. The molecule has 0 bridgehead atoms. The standard InChI is InChI=1S/C8H17N3/c1-5-2-3-6-7(4-5)10-11-8(6)9/h5-8,10-11H,2-4,9H2,1H3. The van der Waals surface area contributed by atoms with Crippen molar-refractivity contribution in [3.8, 4) is 0 Å². The zero-order chi connectivity index (χ0) is 7.84. The van der Waals surface area contributed by atoms with Crippen LogP contribution >= 0.6 is 0 Å². The van der Waals surface area contributed by atoms with E-state index in [1.54, 1.807) is 0 Å². The van der Waals surface area contributed by atoms with Gasteiger partial charge in [0.2, 0.25) is 0 Å². The Bertz CT molecular complexity index is 148. The van der Waals surface area contributed by atoms with Crippen LogP contribution in [0.25, 0.3) is 0 Å². The third-order valence-electron chi connectivity index (χ3n) is 3.06. The van der Waals surface area contributed by atoms with Gasteiger partial charge < -0.3 is 5.73 Å². The summed E-state index contributed by atoms with van der Waals surface area (Å²) in [5.41, 5.74) is 12.2. The number of fused-ring (bicyclic) bond motifs is 1. The second kappa shape index (κ2) is 2.73. The van der Waals surface area contributed by atoms with Gasteiger partial charge in [-0.05, 0) is 18.8 Å². The molecule has 2 aliphatic rings. The summed E-state index contributed by atoms with van der Waals surface area (Å²) in [4.78, 5) is 0. The quantitative estimate of drug-likeness (QED) is 0.468. The van der Waals surface area contributed by atoms with E-state index in [0.29, 0.717) is 12.0 Å². The smallest absolute Gasteiger partial charge is 0.0723 e. The first-order valence-corrected chi connectivity index (χ1v) is 4.54. The van der Waals surface area contributed by atoms with E-state index in [2.05, 4.69) is 17.8 Å². The fourth-order valence-electron chi connectivity index (χ4n) is 2.31. The van der Waals surface area contributed by atoms with Crippen LogP contribution in [0.5, 0.6) is 0 Å². The molecule has 0 radical (unpaired) electrons. The number of nitrogens with two attached hydrogens (primary N) is 1. The van der Waals surface area contributed by atoms with Crippen LogP contribution in [0.4, 0.5) is 0 Å². The molecule has 1 saturated heterocycles. The molecule has 1 aliphatic carbocycles. The largest absolute Gasteiger partial charge is 0.315 e. The molecular weight excluding hydrogens is 138 g/mol. The number of nitrogens with one attached hydrogen (secondary N) is 2. The van der Waals surface area contributed by atoms with Gasteiger partial charge in [0.1, 0.15) is 0 Å². The number of hydrogen-bond acceptors (Lipinski definition) is 3. The van der Waals surface area contributed by atoms with Crippen molar-refractivity contribution in [3.05, 3.63) is 0 Å². The molecular formula is C8H17N3. The van der Waals surface area contributed by atoms with E-state index >= 15 is 0 Å². The van der Waals surface area contributed by atoms with Crippen molar-refractivity contribution in [1.82, 2.24) is 10.9 Å². The second-order valence-corrected chi connectivity index (χ2v) is 4.00. The van der Waals surface area contributed by atoms with Crippen LogP contribution in [0, 0.1) is 11.8 Å². The molecule has 2 rings (SSSR count). The van der Waals surface area contributed by atoms with E-state index in [0.717, 1.165) is 5.92 Å². The molecule has 11 heavy (non-hydrogen) atoms. The zero-order valence-corrected chi connectivity index (χ0v) is 7.01. The summed E-state index contributed by atoms with van der Waals surface area (Å²) in [6.45, 7) is 2.32. The lowest BCUT2D eigenvalue weighted by Gasteiger charge is -2.29. The molecule has 1 saturated carbocycles. The molecule has 3 nitrogen and oxygen atoms in total. The molecule has 4 unspecified atom stereocenters. The fraction of sp³-hybridized carbons (Fsp3) is 1.00. The SMILES string of the molecule is CC1CCC2C(N)NNC2C1. The third-order valence-corrected chi connectivity index (χ3v) is 3.06. The summed E-state index contributed by atoms with van der Waals surface area (Å²) < 4.78 is 0. The average Bonchev–Trinajstić information content (AvgIpc) is 2.32. The first-order valence-electron chi connectivity index (χ1n) is 4.54. The van der Waals surface area contributed by atoms with Gasteiger partial charge in [0, 0.05) is 12.0 Å². The van der Waals surface area contributed by atoms with Gasteiger partial charge in [-0.25, -0.2) is 5.43 Å². The maximum absolute atomic E-state index is 5.86. The Kier molecular flexibility index (Phi) is 1.87. The first-order chi connectivity index (χ1) is 5.27. The first kappa shape index (κ1) is 7.53. The minimum atomic E-state index is 0.187. The molecule has 4 N–H and O–H groups in total. The Hall–Kier alpha value is -0.120. The molecule has 2 fully saturated rings. The highest BCUT2D eigenvalue weighted by Crippen LogP contribution is 2.31. The van der Waals surface area contributed by atoms with Crippen LogP contribution < -0.4 is 16.6 Å². The molecule has 0 aromatic carbocycles. The van der Waals surface area contributed by atoms with Crippen LogP contribution in [0.1, 0.15) is 26.2 Å². The van der Waals surface area contributed by atoms with Crippen LogP contribution in [0.3, 0.4) is 0 Å². The lowest BCUT2D eigenvalue weighted by Crippen LogP contribution is -2.39. The van der Waals surface area contributed by atoms with Crippen LogP contribution in [-0.2, 0) is 0 Å². The van der Waals surface area contributed by atoms with Gasteiger partial charge in [-0.1, -0.05) is 13.3 Å². The number of rotatable bonds is 0. The number of hydrogen-bond donors (Lipinski definition) is 3. The van der Waals surface area contributed by atoms with Crippen molar-refractivity contribution >= 4 is 0 Å². The average molecular weight is 155 g/mol. The minimum absolute atomic E-state index is 0.187. The van der Waals surface area contributed by atoms with E-state index in [9.17, 15) is 0 Å². The fourth-order valence-corrected chi connectivity index (χ4v) is 2.31. The van der Waals surface area contributed by atoms with E-state index < -0.39 is 0 Å². The predicted octanol–water partition coefficient (Wildman–Crippen LogP) is 0.184. The van der Waals surface area contributed by atoms with Crippen molar-refractivity contribution in [2.24, 2.45) is 17.6 Å².